The average Bonchev–Trinajstić information content (AvgIpc) is 2.83. The lowest BCUT2D eigenvalue weighted by Crippen LogP contribution is -2.27. The maximum absolute atomic E-state index is 12.8. The van der Waals surface area contributed by atoms with Crippen LogP contribution in [0.25, 0.3) is 0 Å². The van der Waals surface area contributed by atoms with E-state index in [1.165, 1.54) is 23.9 Å². The van der Waals surface area contributed by atoms with E-state index in [4.69, 9.17) is 0 Å². The molecule has 0 aliphatic rings. The lowest BCUT2D eigenvalue weighted by Gasteiger charge is -2.15. The number of hydrogen-bond acceptors (Lipinski definition) is 3. The summed E-state index contributed by atoms with van der Waals surface area (Å²) in [5.41, 5.74) is 0.995. The van der Waals surface area contributed by atoms with Gasteiger partial charge >= 0.3 is 0 Å². The average molecular weight is 293 g/mol. The van der Waals surface area contributed by atoms with E-state index in [9.17, 15) is 9.18 Å². The smallest absolute Gasteiger partial charge is 0.232 e. The van der Waals surface area contributed by atoms with Crippen molar-refractivity contribution in [2.45, 2.75) is 11.4 Å². The molecular formula is C14H16FN3OS. The molecule has 0 bridgehead atoms. The number of aryl methyl sites for hydroxylation is 1. The second kappa shape index (κ2) is 6.56. The zero-order valence-electron chi connectivity index (χ0n) is 11.4. The number of carbonyl (C=O) groups is 1. The molecule has 0 aliphatic heterocycles. The van der Waals surface area contributed by atoms with E-state index < -0.39 is 0 Å². The molecule has 20 heavy (non-hydrogen) atoms. The van der Waals surface area contributed by atoms with Crippen LogP contribution in [0.2, 0.25) is 0 Å². The second-order valence-corrected chi connectivity index (χ2v) is 5.56. The predicted octanol–water partition coefficient (Wildman–Crippen LogP) is 2.31. The number of nitrogens with zero attached hydrogens (tertiary/aromatic N) is 3. The molecule has 0 aliphatic carbocycles. The first-order valence-electron chi connectivity index (χ1n) is 6.14. The quantitative estimate of drug-likeness (QED) is 0.794. The maximum atomic E-state index is 12.8. The van der Waals surface area contributed by atoms with E-state index in [-0.39, 0.29) is 11.7 Å². The summed E-state index contributed by atoms with van der Waals surface area (Å²) >= 11 is 1.40. The molecule has 0 saturated carbocycles. The topological polar surface area (TPSA) is 38.1 Å². The van der Waals surface area contributed by atoms with Gasteiger partial charge in [-0.25, -0.2) is 4.39 Å². The van der Waals surface area contributed by atoms with Crippen molar-refractivity contribution >= 4 is 17.7 Å². The Hall–Kier alpha value is -1.82. The molecule has 0 unspecified atom stereocenters. The third kappa shape index (κ3) is 4.09. The molecule has 1 amide bonds. The lowest BCUT2D eigenvalue weighted by molar-refractivity contribution is -0.127. The van der Waals surface area contributed by atoms with Crippen LogP contribution >= 0.6 is 11.8 Å². The van der Waals surface area contributed by atoms with Crippen LogP contribution in [0.15, 0.2) is 41.6 Å². The summed E-state index contributed by atoms with van der Waals surface area (Å²) in [4.78, 5) is 14.5. The molecular weight excluding hydrogens is 277 g/mol. The van der Waals surface area contributed by atoms with Crippen LogP contribution in [0.5, 0.6) is 0 Å². The van der Waals surface area contributed by atoms with Gasteiger partial charge in [-0.05, 0) is 24.3 Å². The largest absolute Gasteiger partial charge is 0.341 e. The Kier molecular flexibility index (Phi) is 4.79. The summed E-state index contributed by atoms with van der Waals surface area (Å²) in [6, 6.07) is 6.14. The number of amides is 1. The van der Waals surface area contributed by atoms with Crippen molar-refractivity contribution in [2.24, 2.45) is 7.05 Å². The third-order valence-electron chi connectivity index (χ3n) is 2.78. The van der Waals surface area contributed by atoms with E-state index in [0.717, 1.165) is 10.5 Å². The van der Waals surface area contributed by atoms with Crippen LogP contribution in [-0.2, 0) is 18.4 Å². The maximum Gasteiger partial charge on any atom is 0.232 e. The highest BCUT2D eigenvalue weighted by Gasteiger charge is 2.10. The molecule has 0 saturated heterocycles. The zero-order chi connectivity index (χ0) is 14.5. The minimum atomic E-state index is -0.269. The van der Waals surface area contributed by atoms with Crippen molar-refractivity contribution in [2.75, 3.05) is 12.8 Å². The monoisotopic (exact) mass is 293 g/mol. The van der Waals surface area contributed by atoms with Crippen LogP contribution in [0, 0.1) is 5.82 Å². The van der Waals surface area contributed by atoms with E-state index in [1.54, 1.807) is 35.0 Å². The van der Waals surface area contributed by atoms with E-state index in [0.29, 0.717) is 12.3 Å². The van der Waals surface area contributed by atoms with Gasteiger partial charge in [-0.3, -0.25) is 9.48 Å². The molecule has 6 heteroatoms. The minimum Gasteiger partial charge on any atom is -0.341 e. The highest BCUT2D eigenvalue weighted by molar-refractivity contribution is 8.00. The van der Waals surface area contributed by atoms with Gasteiger partial charge in [0.2, 0.25) is 5.91 Å². The second-order valence-electron chi connectivity index (χ2n) is 4.51. The fraction of sp³-hybridized carbons (Fsp3) is 0.286. The number of hydrogen-bond donors (Lipinski definition) is 0. The molecule has 2 rings (SSSR count). The summed E-state index contributed by atoms with van der Waals surface area (Å²) < 4.78 is 14.5. The summed E-state index contributed by atoms with van der Waals surface area (Å²) in [6.07, 6.45) is 3.63. The van der Waals surface area contributed by atoms with Gasteiger partial charge in [0, 0.05) is 37.3 Å². The van der Waals surface area contributed by atoms with Gasteiger partial charge in [0.1, 0.15) is 5.82 Å². The molecule has 1 heterocycles. The Bertz CT molecular complexity index is 582. The Balaban J connectivity index is 1.83. The fourth-order valence-corrected chi connectivity index (χ4v) is 2.54. The SMILES string of the molecule is CN(Cc1cnn(C)c1)C(=O)CSc1ccc(F)cc1. The summed E-state index contributed by atoms with van der Waals surface area (Å²) in [5, 5.41) is 4.07. The van der Waals surface area contributed by atoms with Gasteiger partial charge in [-0.2, -0.15) is 5.10 Å². The normalized spacial score (nSPS) is 10.6. The van der Waals surface area contributed by atoms with E-state index >= 15 is 0 Å². The first-order valence-corrected chi connectivity index (χ1v) is 7.13. The summed E-state index contributed by atoms with van der Waals surface area (Å²) in [5.74, 6) is 0.0973. The molecule has 4 nitrogen and oxygen atoms in total. The van der Waals surface area contributed by atoms with Crippen molar-refractivity contribution in [3.05, 3.63) is 48.0 Å². The molecule has 1 aromatic heterocycles. The molecule has 106 valence electrons. The van der Waals surface area contributed by atoms with E-state index in [2.05, 4.69) is 5.10 Å². The van der Waals surface area contributed by atoms with Gasteiger partial charge < -0.3 is 4.90 Å². The molecule has 1 aromatic carbocycles. The standard InChI is InChI=1S/C14H16FN3OS/c1-17(8-11-7-16-18(2)9-11)14(19)10-20-13-5-3-12(15)4-6-13/h3-7,9H,8,10H2,1-2H3. The highest BCUT2D eigenvalue weighted by atomic mass is 32.2. The molecule has 0 N–H and O–H groups in total. The fourth-order valence-electron chi connectivity index (χ4n) is 1.70. The number of rotatable bonds is 5. The number of thioether (sulfide) groups is 1. The Morgan fingerprint density at radius 1 is 1.40 bits per heavy atom. The zero-order valence-corrected chi connectivity index (χ0v) is 12.2. The Labute approximate surface area is 121 Å². The van der Waals surface area contributed by atoms with Crippen LogP contribution in [0.4, 0.5) is 4.39 Å². The van der Waals surface area contributed by atoms with Crippen molar-refractivity contribution < 1.29 is 9.18 Å². The molecule has 0 fully saturated rings. The third-order valence-corrected chi connectivity index (χ3v) is 3.78. The van der Waals surface area contributed by atoms with Gasteiger partial charge in [0.15, 0.2) is 0 Å². The highest BCUT2D eigenvalue weighted by Crippen LogP contribution is 2.18. The van der Waals surface area contributed by atoms with Gasteiger partial charge in [0.25, 0.3) is 0 Å². The lowest BCUT2D eigenvalue weighted by atomic mass is 10.3. The number of carbonyl (C=O) groups excluding carboxylic acids is 1. The van der Waals surface area contributed by atoms with Crippen molar-refractivity contribution in [1.29, 1.82) is 0 Å². The van der Waals surface area contributed by atoms with Crippen LogP contribution in [-0.4, -0.2) is 33.4 Å². The Morgan fingerprint density at radius 2 is 2.10 bits per heavy atom. The van der Waals surface area contributed by atoms with Gasteiger partial charge in [-0.15, -0.1) is 11.8 Å². The van der Waals surface area contributed by atoms with Crippen molar-refractivity contribution in [1.82, 2.24) is 14.7 Å². The summed E-state index contributed by atoms with van der Waals surface area (Å²) in [7, 11) is 3.61. The van der Waals surface area contributed by atoms with Crippen LogP contribution in [0.1, 0.15) is 5.56 Å². The van der Waals surface area contributed by atoms with Crippen molar-refractivity contribution in [3.8, 4) is 0 Å². The predicted molar refractivity (Wildman–Crippen MR) is 76.8 cm³/mol. The molecule has 0 radical (unpaired) electrons. The van der Waals surface area contributed by atoms with E-state index in [1.807, 2.05) is 13.2 Å². The first-order chi connectivity index (χ1) is 9.54. The molecule has 0 atom stereocenters. The van der Waals surface area contributed by atoms with Crippen LogP contribution < -0.4 is 0 Å². The number of aromatic nitrogens is 2. The van der Waals surface area contributed by atoms with Gasteiger partial charge in [0.05, 0.1) is 11.9 Å². The molecule has 0 spiro atoms. The summed E-state index contributed by atoms with van der Waals surface area (Å²) in [6.45, 7) is 0.538. The first kappa shape index (κ1) is 14.6. The number of benzene rings is 1. The van der Waals surface area contributed by atoms with Gasteiger partial charge in [-0.1, -0.05) is 0 Å². The van der Waals surface area contributed by atoms with Crippen LogP contribution in [0.3, 0.4) is 0 Å². The Morgan fingerprint density at radius 3 is 2.70 bits per heavy atom. The number of halogens is 1. The molecule has 2 aromatic rings. The minimum absolute atomic E-state index is 0.0307. The van der Waals surface area contributed by atoms with Crippen molar-refractivity contribution in [3.63, 3.8) is 0 Å².